The molecule has 0 unspecified atom stereocenters. The summed E-state index contributed by atoms with van der Waals surface area (Å²) in [5, 5.41) is 6.92. The van der Waals surface area contributed by atoms with Gasteiger partial charge in [-0.3, -0.25) is 9.36 Å². The Morgan fingerprint density at radius 2 is 1.81 bits per heavy atom. The molecule has 5 aromatic rings. The van der Waals surface area contributed by atoms with Crippen LogP contribution in [0.5, 0.6) is 0 Å². The van der Waals surface area contributed by atoms with E-state index in [0.717, 1.165) is 16.7 Å². The molecule has 1 N–H and O–H groups in total. The van der Waals surface area contributed by atoms with Crippen molar-refractivity contribution in [2.45, 2.75) is 0 Å². The minimum absolute atomic E-state index is 0.0679. The number of anilines is 1. The number of nitrogens with zero attached hydrogens (tertiary/aromatic N) is 6. The van der Waals surface area contributed by atoms with Crippen LogP contribution in [0.4, 0.5) is 5.69 Å². The molecule has 3 heterocycles. The van der Waals surface area contributed by atoms with E-state index in [0.29, 0.717) is 11.5 Å². The standard InChI is InChI=1S/C19H13N7O/c27-18(17-23-19-20-10-3-11-26(19)24-17)22-13-6-8-14(9-7-13)25-12-21-15-4-1-2-5-16(15)25/h1-12H,(H,22,27). The van der Waals surface area contributed by atoms with Gasteiger partial charge in [0.05, 0.1) is 11.0 Å². The Balaban J connectivity index is 1.39. The molecular weight excluding hydrogens is 342 g/mol. The van der Waals surface area contributed by atoms with Crippen LogP contribution in [-0.4, -0.2) is 35.0 Å². The molecule has 0 aliphatic rings. The molecule has 130 valence electrons. The minimum atomic E-state index is -0.388. The van der Waals surface area contributed by atoms with Gasteiger partial charge in [-0.25, -0.2) is 14.5 Å². The van der Waals surface area contributed by atoms with Gasteiger partial charge >= 0.3 is 0 Å². The summed E-state index contributed by atoms with van der Waals surface area (Å²) in [5.41, 5.74) is 3.56. The van der Waals surface area contributed by atoms with Gasteiger partial charge in [-0.1, -0.05) is 12.1 Å². The number of rotatable bonds is 3. The third kappa shape index (κ3) is 2.69. The number of carbonyl (C=O) groups is 1. The third-order valence-corrected chi connectivity index (χ3v) is 4.18. The summed E-state index contributed by atoms with van der Waals surface area (Å²) in [4.78, 5) is 24.9. The van der Waals surface area contributed by atoms with Gasteiger partial charge in [0.2, 0.25) is 5.82 Å². The molecule has 0 spiro atoms. The maximum Gasteiger partial charge on any atom is 0.295 e. The van der Waals surface area contributed by atoms with Gasteiger partial charge in [0.25, 0.3) is 11.7 Å². The van der Waals surface area contributed by atoms with E-state index >= 15 is 0 Å². The highest BCUT2D eigenvalue weighted by atomic mass is 16.2. The Hall–Kier alpha value is -4.07. The normalized spacial score (nSPS) is 11.1. The fraction of sp³-hybridized carbons (Fsp3) is 0. The number of nitrogens with one attached hydrogen (secondary N) is 1. The van der Waals surface area contributed by atoms with Crippen LogP contribution < -0.4 is 5.32 Å². The molecular formula is C19H13N7O. The Kier molecular flexibility index (Phi) is 3.39. The Morgan fingerprint density at radius 1 is 0.963 bits per heavy atom. The SMILES string of the molecule is O=C(Nc1ccc(-n2cnc3ccccc32)cc1)c1nc2ncccn2n1. The van der Waals surface area contributed by atoms with Gasteiger partial charge < -0.3 is 5.32 Å². The molecule has 8 heteroatoms. The van der Waals surface area contributed by atoms with Gasteiger partial charge in [0, 0.05) is 23.8 Å². The molecule has 0 fully saturated rings. The Morgan fingerprint density at radius 3 is 2.67 bits per heavy atom. The van der Waals surface area contributed by atoms with Gasteiger partial charge in [-0.15, -0.1) is 5.10 Å². The number of imidazole rings is 1. The lowest BCUT2D eigenvalue weighted by molar-refractivity contribution is 0.101. The van der Waals surface area contributed by atoms with E-state index in [-0.39, 0.29) is 11.7 Å². The number of hydrogen-bond acceptors (Lipinski definition) is 5. The fourth-order valence-corrected chi connectivity index (χ4v) is 2.89. The molecule has 0 aliphatic heterocycles. The van der Waals surface area contributed by atoms with Crippen LogP contribution in [0, 0.1) is 0 Å². The van der Waals surface area contributed by atoms with Gasteiger partial charge in [-0.05, 0) is 42.5 Å². The zero-order chi connectivity index (χ0) is 18.2. The van der Waals surface area contributed by atoms with Crippen molar-refractivity contribution in [3.8, 4) is 5.69 Å². The van der Waals surface area contributed by atoms with Crippen molar-refractivity contribution >= 4 is 28.4 Å². The average molecular weight is 355 g/mol. The number of fused-ring (bicyclic) bond motifs is 2. The molecule has 0 saturated heterocycles. The van der Waals surface area contributed by atoms with Crippen LogP contribution in [0.15, 0.2) is 73.3 Å². The van der Waals surface area contributed by atoms with Crippen molar-refractivity contribution in [3.05, 3.63) is 79.1 Å². The van der Waals surface area contributed by atoms with Crippen LogP contribution in [0.2, 0.25) is 0 Å². The van der Waals surface area contributed by atoms with Crippen LogP contribution in [0.25, 0.3) is 22.5 Å². The predicted octanol–water partition coefficient (Wildman–Crippen LogP) is 2.72. The first-order chi connectivity index (χ1) is 13.3. The number of aromatic nitrogens is 6. The molecule has 3 aromatic heterocycles. The largest absolute Gasteiger partial charge is 0.319 e. The molecule has 5 rings (SSSR count). The first-order valence-corrected chi connectivity index (χ1v) is 8.29. The highest BCUT2D eigenvalue weighted by Crippen LogP contribution is 2.19. The minimum Gasteiger partial charge on any atom is -0.319 e. The highest BCUT2D eigenvalue weighted by molar-refractivity contribution is 6.01. The first-order valence-electron chi connectivity index (χ1n) is 8.29. The van der Waals surface area contributed by atoms with E-state index in [4.69, 9.17) is 0 Å². The maximum absolute atomic E-state index is 12.4. The second-order valence-corrected chi connectivity index (χ2v) is 5.90. The summed E-state index contributed by atoms with van der Waals surface area (Å²) < 4.78 is 3.46. The van der Waals surface area contributed by atoms with Crippen molar-refractivity contribution in [3.63, 3.8) is 0 Å². The summed E-state index contributed by atoms with van der Waals surface area (Å²) in [6.45, 7) is 0. The number of para-hydroxylation sites is 2. The number of carbonyl (C=O) groups excluding carboxylic acids is 1. The molecule has 0 bridgehead atoms. The molecule has 27 heavy (non-hydrogen) atoms. The summed E-state index contributed by atoms with van der Waals surface area (Å²) in [6.07, 6.45) is 5.08. The number of amides is 1. The predicted molar refractivity (Wildman–Crippen MR) is 99.8 cm³/mol. The van der Waals surface area contributed by atoms with Crippen molar-refractivity contribution < 1.29 is 4.79 Å². The van der Waals surface area contributed by atoms with Gasteiger partial charge in [0.1, 0.15) is 6.33 Å². The van der Waals surface area contributed by atoms with Crippen molar-refractivity contribution in [2.24, 2.45) is 0 Å². The lowest BCUT2D eigenvalue weighted by atomic mass is 10.2. The summed E-state index contributed by atoms with van der Waals surface area (Å²) >= 11 is 0. The summed E-state index contributed by atoms with van der Waals surface area (Å²) in [5.74, 6) is 0.0599. The molecule has 0 saturated carbocycles. The first kappa shape index (κ1) is 15.2. The lowest BCUT2D eigenvalue weighted by Crippen LogP contribution is -2.14. The quantitative estimate of drug-likeness (QED) is 0.537. The Labute approximate surface area is 153 Å². The molecule has 0 radical (unpaired) electrons. The molecule has 8 nitrogen and oxygen atoms in total. The third-order valence-electron chi connectivity index (χ3n) is 4.18. The number of benzene rings is 2. The summed E-state index contributed by atoms with van der Waals surface area (Å²) in [7, 11) is 0. The molecule has 0 aliphatic carbocycles. The Bertz CT molecular complexity index is 1240. The van der Waals surface area contributed by atoms with Crippen molar-refractivity contribution in [1.29, 1.82) is 0 Å². The maximum atomic E-state index is 12.4. The van der Waals surface area contributed by atoms with Crippen LogP contribution in [-0.2, 0) is 0 Å². The summed E-state index contributed by atoms with van der Waals surface area (Å²) in [6, 6.07) is 17.1. The monoisotopic (exact) mass is 355 g/mol. The zero-order valence-electron chi connectivity index (χ0n) is 14.0. The zero-order valence-corrected chi connectivity index (χ0v) is 14.0. The van der Waals surface area contributed by atoms with Crippen molar-refractivity contribution in [2.75, 3.05) is 5.32 Å². The van der Waals surface area contributed by atoms with E-state index in [9.17, 15) is 4.79 Å². The number of hydrogen-bond donors (Lipinski definition) is 1. The van der Waals surface area contributed by atoms with Crippen molar-refractivity contribution in [1.82, 2.24) is 29.1 Å². The van der Waals surface area contributed by atoms with Crippen LogP contribution in [0.1, 0.15) is 10.6 Å². The molecule has 0 atom stereocenters. The van der Waals surface area contributed by atoms with Gasteiger partial charge in [0.15, 0.2) is 0 Å². The van der Waals surface area contributed by atoms with E-state index in [2.05, 4.69) is 25.4 Å². The second kappa shape index (κ2) is 6.03. The van der Waals surface area contributed by atoms with Gasteiger partial charge in [-0.2, -0.15) is 4.98 Å². The molecule has 1 amide bonds. The van der Waals surface area contributed by atoms with E-state index in [1.54, 1.807) is 24.8 Å². The topological polar surface area (TPSA) is 90.0 Å². The van der Waals surface area contributed by atoms with Crippen LogP contribution >= 0.6 is 0 Å². The average Bonchev–Trinajstić information content (AvgIpc) is 3.33. The van der Waals surface area contributed by atoms with E-state index < -0.39 is 0 Å². The highest BCUT2D eigenvalue weighted by Gasteiger charge is 2.13. The lowest BCUT2D eigenvalue weighted by Gasteiger charge is -2.07. The van der Waals surface area contributed by atoms with E-state index in [1.807, 2.05) is 53.1 Å². The second-order valence-electron chi connectivity index (χ2n) is 5.90. The van der Waals surface area contributed by atoms with E-state index in [1.165, 1.54) is 4.52 Å². The molecule has 2 aromatic carbocycles. The van der Waals surface area contributed by atoms with Crippen LogP contribution in [0.3, 0.4) is 0 Å². The fourth-order valence-electron chi connectivity index (χ4n) is 2.89. The smallest absolute Gasteiger partial charge is 0.295 e.